The van der Waals surface area contributed by atoms with Gasteiger partial charge in [0.2, 0.25) is 9.20 Å². The van der Waals surface area contributed by atoms with Crippen LogP contribution in [-0.2, 0) is 50.4 Å². The maximum atomic E-state index is 11.2. The van der Waals surface area contributed by atoms with Crippen molar-refractivity contribution in [3.63, 3.8) is 0 Å². The Bertz CT molecular complexity index is 386. The molecule has 0 aromatic rings. The molecule has 122 valence electrons. The zero-order valence-corrected chi connectivity index (χ0v) is 15.3. The summed E-state index contributed by atoms with van der Waals surface area (Å²) in [5, 5.41) is 0. The van der Waals surface area contributed by atoms with Gasteiger partial charge < -0.3 is 19.1 Å². The van der Waals surface area contributed by atoms with Crippen LogP contribution in [0.15, 0.2) is 6.58 Å². The van der Waals surface area contributed by atoms with E-state index >= 15 is 0 Å². The van der Waals surface area contributed by atoms with Crippen LogP contribution in [0.3, 0.4) is 0 Å². The molecule has 0 aromatic carbocycles. The fourth-order valence-electron chi connectivity index (χ4n) is 1.25. The van der Waals surface area contributed by atoms with Gasteiger partial charge in [-0.3, -0.25) is 15.9 Å². The molecule has 0 aliphatic carbocycles. The quantitative estimate of drug-likeness (QED) is 0.298. The maximum absolute atomic E-state index is 11.2. The summed E-state index contributed by atoms with van der Waals surface area (Å²) >= 11 is 0. The minimum Gasteiger partial charge on any atom is -0.542 e. The molecule has 0 spiro atoms. The van der Waals surface area contributed by atoms with Crippen molar-refractivity contribution < 1.29 is 55.2 Å². The number of carbonyl (C=O) groups excluding carboxylic acids is 4. The molecule has 0 aliphatic rings. The molecule has 2 atom stereocenters. The molecule has 0 fully saturated rings. The van der Waals surface area contributed by atoms with Gasteiger partial charge >= 0.3 is 11.9 Å². The molecule has 0 saturated heterocycles. The Hall–Kier alpha value is -1.43. The van der Waals surface area contributed by atoms with Crippen LogP contribution in [0.25, 0.3) is 0 Å². The number of ether oxygens (including phenoxy) is 2. The number of carbonyl (C=O) groups is 2. The van der Waals surface area contributed by atoms with Gasteiger partial charge in [0.15, 0.2) is 0 Å². The fourth-order valence-corrected chi connectivity index (χ4v) is 1.25. The number of rotatable bonds is 6. The predicted octanol–water partition coefficient (Wildman–Crippen LogP) is -0.337. The van der Waals surface area contributed by atoms with E-state index in [4.69, 9.17) is 9.59 Å². The van der Waals surface area contributed by atoms with Crippen molar-refractivity contribution in [3.8, 4) is 6.00 Å². The standard InChI is InChI=1S/C10H15O5.C2H2O.CH2OSi.Ti/c1-7(9(12)14-2)6-8(4-5-11)10(13)15-3;1-2-3;1-3-2;/h7-8H,4,6H2,1-3H3;1H2;1-2H;/q-1;;;. The van der Waals surface area contributed by atoms with Gasteiger partial charge in [-0.05, 0) is 13.0 Å². The average Bonchev–Trinajstić information content (AvgIpc) is 2.46. The zero-order valence-electron chi connectivity index (χ0n) is 12.8. The summed E-state index contributed by atoms with van der Waals surface area (Å²) < 4.78 is 9.02. The van der Waals surface area contributed by atoms with Crippen LogP contribution in [0.1, 0.15) is 19.8 Å². The molecule has 22 heavy (non-hydrogen) atoms. The van der Waals surface area contributed by atoms with E-state index in [0.29, 0.717) is 0 Å². The van der Waals surface area contributed by atoms with E-state index in [0.717, 1.165) is 0 Å². The zero-order chi connectivity index (χ0) is 17.3. The van der Waals surface area contributed by atoms with Crippen molar-refractivity contribution in [2.45, 2.75) is 19.8 Å². The van der Waals surface area contributed by atoms with Crippen molar-refractivity contribution in [1.29, 1.82) is 0 Å². The molecular formula is C13H19O7SiTi-. The fraction of sp³-hybridized carbons (Fsp3) is 0.538. The minimum atomic E-state index is -0.624. The Morgan fingerprint density at radius 2 is 1.73 bits per heavy atom. The first-order valence-corrected chi connectivity index (χ1v) is 6.66. The topological polar surface area (TPSA) is 107 Å². The summed E-state index contributed by atoms with van der Waals surface area (Å²) in [7, 11) is 2.10. The Morgan fingerprint density at radius 3 is 2.00 bits per heavy atom. The first-order chi connectivity index (χ1) is 9.89. The second-order valence-electron chi connectivity index (χ2n) is 3.50. The SMILES string of the molecule is C#[Si]O.C=C=O.COC(=O)C(C)CC(C[C-]=O)C(=O)OC.[Ti]. The second kappa shape index (κ2) is 21.9. The summed E-state index contributed by atoms with van der Waals surface area (Å²) in [5.74, 6) is -0.724. The third kappa shape index (κ3) is 18.6. The summed E-state index contributed by atoms with van der Waals surface area (Å²) in [6.45, 7) is 4.31. The first kappa shape index (κ1) is 28.7. The predicted molar refractivity (Wildman–Crippen MR) is 75.9 cm³/mol. The van der Waals surface area contributed by atoms with E-state index in [1.807, 2.05) is 0 Å². The molecule has 0 saturated carbocycles. The van der Waals surface area contributed by atoms with Gasteiger partial charge in [0, 0.05) is 27.6 Å². The van der Waals surface area contributed by atoms with Crippen LogP contribution in [0, 0.1) is 17.8 Å². The van der Waals surface area contributed by atoms with Gasteiger partial charge in [-0.15, -0.1) is 12.4 Å². The third-order valence-corrected chi connectivity index (χ3v) is 2.11. The Labute approximate surface area is 147 Å². The van der Waals surface area contributed by atoms with Gasteiger partial charge in [-0.1, -0.05) is 6.92 Å². The number of hydrogen-bond acceptors (Lipinski definition) is 7. The molecule has 0 bridgehead atoms. The van der Waals surface area contributed by atoms with Crippen LogP contribution in [0.4, 0.5) is 0 Å². The van der Waals surface area contributed by atoms with E-state index in [9.17, 15) is 14.4 Å². The molecule has 9 heteroatoms. The van der Waals surface area contributed by atoms with Gasteiger partial charge in [0.25, 0.3) is 0 Å². The van der Waals surface area contributed by atoms with Crippen molar-refractivity contribution in [3.05, 3.63) is 6.58 Å². The van der Waals surface area contributed by atoms with Crippen molar-refractivity contribution in [1.82, 2.24) is 0 Å². The molecule has 0 heterocycles. The van der Waals surface area contributed by atoms with E-state index < -0.39 is 33.0 Å². The molecule has 0 aliphatic heterocycles. The molecule has 7 nitrogen and oxygen atoms in total. The number of methoxy groups -OCH3 is 2. The Balaban J connectivity index is -0.000000199. The monoisotopic (exact) mass is 363 g/mol. The smallest absolute Gasteiger partial charge is 0.308 e. The normalized spacial score (nSPS) is 10.1. The molecule has 0 radical (unpaired) electrons. The van der Waals surface area contributed by atoms with Crippen molar-refractivity contribution in [2.24, 2.45) is 11.8 Å². The Morgan fingerprint density at radius 1 is 1.36 bits per heavy atom. The van der Waals surface area contributed by atoms with Gasteiger partial charge in [-0.2, -0.15) is 0 Å². The second-order valence-corrected chi connectivity index (χ2v) is 3.76. The molecule has 0 amide bonds. The summed E-state index contributed by atoms with van der Waals surface area (Å²) in [4.78, 5) is 48.4. The van der Waals surface area contributed by atoms with Crippen LogP contribution in [-0.4, -0.2) is 52.4 Å². The minimum absolute atomic E-state index is 0. The molecule has 0 aromatic heterocycles. The van der Waals surface area contributed by atoms with Gasteiger partial charge in [-0.25, -0.2) is 4.79 Å². The van der Waals surface area contributed by atoms with Crippen molar-refractivity contribution >= 4 is 33.4 Å². The Kier molecular flexibility index (Phi) is 28.5. The summed E-state index contributed by atoms with van der Waals surface area (Å²) in [5.41, 5.74) is 0. The third-order valence-electron chi connectivity index (χ3n) is 2.11. The molecule has 0 rings (SSSR count). The first-order valence-electron chi connectivity index (χ1n) is 5.64. The van der Waals surface area contributed by atoms with Crippen LogP contribution >= 0.6 is 0 Å². The van der Waals surface area contributed by atoms with E-state index in [1.54, 1.807) is 13.2 Å². The number of esters is 2. The molecule has 2 unspecified atom stereocenters. The van der Waals surface area contributed by atoms with Gasteiger partial charge in [0.1, 0.15) is 5.94 Å². The van der Waals surface area contributed by atoms with E-state index in [-0.39, 0.29) is 34.6 Å². The number of hydrogen-bond donors (Lipinski definition) is 1. The summed E-state index contributed by atoms with van der Waals surface area (Å²) in [6.07, 6.45) is 1.81. The summed E-state index contributed by atoms with van der Waals surface area (Å²) in [6, 6.07) is 4.43. The average molecular weight is 363 g/mol. The largest absolute Gasteiger partial charge is 0.542 e. The molecule has 1 N–H and O–H groups in total. The van der Waals surface area contributed by atoms with Gasteiger partial charge in [0.05, 0.1) is 20.1 Å². The van der Waals surface area contributed by atoms with Crippen LogP contribution < -0.4 is 0 Å². The molecular weight excluding hydrogens is 344 g/mol. The van der Waals surface area contributed by atoms with E-state index in [2.05, 4.69) is 22.1 Å². The van der Waals surface area contributed by atoms with Crippen molar-refractivity contribution in [2.75, 3.05) is 14.2 Å². The van der Waals surface area contributed by atoms with Crippen LogP contribution in [0.2, 0.25) is 0 Å². The van der Waals surface area contributed by atoms with E-state index in [1.165, 1.54) is 20.2 Å². The maximum Gasteiger partial charge on any atom is 0.308 e. The van der Waals surface area contributed by atoms with Crippen LogP contribution in [0.5, 0.6) is 0 Å².